The van der Waals surface area contributed by atoms with Crippen LogP contribution in [-0.4, -0.2) is 32.1 Å². The standard InChI is InChI=1S/C21H26N2O4/c1-16(24)23-20(17-9-11-18(26-2)12-10-17)15-21(25)22-13-6-14-27-19-7-4-3-5-8-19/h3-5,7-12,20H,6,13-15H2,1-2H3,(H,22,25)(H,23,24). The van der Waals surface area contributed by atoms with Gasteiger partial charge in [-0.05, 0) is 36.2 Å². The molecule has 0 saturated carbocycles. The zero-order valence-electron chi connectivity index (χ0n) is 15.7. The predicted molar refractivity (Wildman–Crippen MR) is 104 cm³/mol. The first-order valence-electron chi connectivity index (χ1n) is 8.94. The fourth-order valence-corrected chi connectivity index (χ4v) is 2.60. The van der Waals surface area contributed by atoms with Crippen LogP contribution in [0.4, 0.5) is 0 Å². The molecular weight excluding hydrogens is 344 g/mol. The van der Waals surface area contributed by atoms with Crippen molar-refractivity contribution >= 4 is 11.8 Å². The lowest BCUT2D eigenvalue weighted by molar-refractivity contribution is -0.122. The van der Waals surface area contributed by atoms with Crippen molar-refractivity contribution in [3.05, 3.63) is 60.2 Å². The molecule has 2 rings (SSSR count). The second kappa shape index (κ2) is 10.9. The summed E-state index contributed by atoms with van der Waals surface area (Å²) in [6.07, 6.45) is 0.874. The molecule has 0 bridgehead atoms. The highest BCUT2D eigenvalue weighted by atomic mass is 16.5. The highest BCUT2D eigenvalue weighted by Gasteiger charge is 2.17. The molecule has 1 atom stereocenters. The molecule has 6 heteroatoms. The number of hydrogen-bond acceptors (Lipinski definition) is 4. The van der Waals surface area contributed by atoms with Gasteiger partial charge in [-0.3, -0.25) is 9.59 Å². The Morgan fingerprint density at radius 3 is 2.33 bits per heavy atom. The quantitative estimate of drug-likeness (QED) is 0.631. The monoisotopic (exact) mass is 370 g/mol. The Kier molecular flexibility index (Phi) is 8.16. The summed E-state index contributed by atoms with van der Waals surface area (Å²) in [6.45, 7) is 2.48. The zero-order chi connectivity index (χ0) is 19.5. The maximum atomic E-state index is 12.2. The van der Waals surface area contributed by atoms with Gasteiger partial charge in [-0.1, -0.05) is 30.3 Å². The molecule has 0 aliphatic rings. The third kappa shape index (κ3) is 7.40. The Balaban J connectivity index is 1.78. The molecular formula is C21H26N2O4. The lowest BCUT2D eigenvalue weighted by atomic mass is 10.0. The maximum Gasteiger partial charge on any atom is 0.222 e. The van der Waals surface area contributed by atoms with Crippen LogP contribution >= 0.6 is 0 Å². The summed E-state index contributed by atoms with van der Waals surface area (Å²) in [6, 6.07) is 16.5. The average molecular weight is 370 g/mol. The lowest BCUT2D eigenvalue weighted by Gasteiger charge is -2.18. The van der Waals surface area contributed by atoms with Crippen LogP contribution in [0.5, 0.6) is 11.5 Å². The van der Waals surface area contributed by atoms with Gasteiger partial charge in [0.05, 0.1) is 26.2 Å². The molecule has 2 amide bonds. The zero-order valence-corrected chi connectivity index (χ0v) is 15.7. The predicted octanol–water partition coefficient (Wildman–Crippen LogP) is 2.85. The van der Waals surface area contributed by atoms with Gasteiger partial charge in [0.2, 0.25) is 11.8 Å². The van der Waals surface area contributed by atoms with Crippen molar-refractivity contribution in [2.75, 3.05) is 20.3 Å². The first-order valence-corrected chi connectivity index (χ1v) is 8.94. The second-order valence-electron chi connectivity index (χ2n) is 6.10. The minimum absolute atomic E-state index is 0.121. The van der Waals surface area contributed by atoms with Gasteiger partial charge in [0.1, 0.15) is 11.5 Å². The van der Waals surface area contributed by atoms with E-state index in [0.29, 0.717) is 19.6 Å². The average Bonchev–Trinajstić information content (AvgIpc) is 2.68. The van der Waals surface area contributed by atoms with Crippen molar-refractivity contribution in [1.29, 1.82) is 0 Å². The van der Waals surface area contributed by atoms with Gasteiger partial charge >= 0.3 is 0 Å². The van der Waals surface area contributed by atoms with Crippen LogP contribution in [0, 0.1) is 0 Å². The van der Waals surface area contributed by atoms with Crippen LogP contribution in [0.25, 0.3) is 0 Å². The van der Waals surface area contributed by atoms with E-state index in [-0.39, 0.29) is 24.3 Å². The van der Waals surface area contributed by atoms with Gasteiger partial charge in [0.15, 0.2) is 0 Å². The van der Waals surface area contributed by atoms with Crippen LogP contribution in [0.3, 0.4) is 0 Å². The van der Waals surface area contributed by atoms with Crippen LogP contribution in [0.1, 0.15) is 31.4 Å². The lowest BCUT2D eigenvalue weighted by Crippen LogP contribution is -2.33. The van der Waals surface area contributed by atoms with Gasteiger partial charge in [-0.2, -0.15) is 0 Å². The van der Waals surface area contributed by atoms with E-state index in [9.17, 15) is 9.59 Å². The number of methoxy groups -OCH3 is 1. The first kappa shape index (κ1) is 20.3. The number of carbonyl (C=O) groups is 2. The normalized spacial score (nSPS) is 11.3. The molecule has 0 aliphatic heterocycles. The first-order chi connectivity index (χ1) is 13.1. The minimum Gasteiger partial charge on any atom is -0.497 e. The second-order valence-corrected chi connectivity index (χ2v) is 6.10. The smallest absolute Gasteiger partial charge is 0.222 e. The van der Waals surface area contributed by atoms with E-state index in [4.69, 9.17) is 9.47 Å². The molecule has 0 radical (unpaired) electrons. The fourth-order valence-electron chi connectivity index (χ4n) is 2.60. The maximum absolute atomic E-state index is 12.2. The Hall–Kier alpha value is -3.02. The summed E-state index contributed by atoms with van der Waals surface area (Å²) >= 11 is 0. The SMILES string of the molecule is COc1ccc(C(CC(=O)NCCCOc2ccccc2)NC(C)=O)cc1. The molecule has 0 saturated heterocycles. The molecule has 144 valence electrons. The minimum atomic E-state index is -0.381. The third-order valence-corrected chi connectivity index (χ3v) is 3.94. The Labute approximate surface area is 159 Å². The molecule has 6 nitrogen and oxygen atoms in total. The largest absolute Gasteiger partial charge is 0.497 e. The Morgan fingerprint density at radius 1 is 1.00 bits per heavy atom. The van der Waals surface area contributed by atoms with Crippen molar-refractivity contribution in [1.82, 2.24) is 10.6 Å². The van der Waals surface area contributed by atoms with Gasteiger partial charge in [-0.15, -0.1) is 0 Å². The molecule has 0 fully saturated rings. The number of para-hydroxylation sites is 1. The van der Waals surface area contributed by atoms with Crippen molar-refractivity contribution in [3.63, 3.8) is 0 Å². The van der Waals surface area contributed by atoms with E-state index >= 15 is 0 Å². The molecule has 2 aromatic carbocycles. The summed E-state index contributed by atoms with van der Waals surface area (Å²) in [7, 11) is 1.59. The molecule has 2 N–H and O–H groups in total. The van der Waals surface area contributed by atoms with Gasteiger partial charge < -0.3 is 20.1 Å². The summed E-state index contributed by atoms with van der Waals surface area (Å²) in [4.78, 5) is 23.7. The van der Waals surface area contributed by atoms with E-state index in [0.717, 1.165) is 17.1 Å². The molecule has 0 heterocycles. The Morgan fingerprint density at radius 2 is 1.70 bits per heavy atom. The number of carbonyl (C=O) groups excluding carboxylic acids is 2. The summed E-state index contributed by atoms with van der Waals surface area (Å²) in [5.41, 5.74) is 0.855. The van der Waals surface area contributed by atoms with E-state index < -0.39 is 0 Å². The van der Waals surface area contributed by atoms with Crippen molar-refractivity contribution < 1.29 is 19.1 Å². The van der Waals surface area contributed by atoms with Crippen molar-refractivity contribution in [2.45, 2.75) is 25.8 Å². The van der Waals surface area contributed by atoms with Gasteiger partial charge in [-0.25, -0.2) is 0 Å². The highest BCUT2D eigenvalue weighted by Crippen LogP contribution is 2.20. The molecule has 0 aromatic heterocycles. The number of hydrogen-bond donors (Lipinski definition) is 2. The molecule has 0 spiro atoms. The number of benzene rings is 2. The summed E-state index contributed by atoms with van der Waals surface area (Å²) in [5.74, 6) is 1.24. The van der Waals surface area contributed by atoms with Crippen LogP contribution in [0.15, 0.2) is 54.6 Å². The molecule has 2 aromatic rings. The highest BCUT2D eigenvalue weighted by molar-refractivity contribution is 5.79. The Bertz CT molecular complexity index is 717. The van der Waals surface area contributed by atoms with Gasteiger partial charge in [0, 0.05) is 13.5 Å². The number of nitrogens with one attached hydrogen (secondary N) is 2. The molecule has 1 unspecified atom stereocenters. The third-order valence-electron chi connectivity index (χ3n) is 3.94. The summed E-state index contributed by atoms with van der Waals surface area (Å²) in [5, 5.41) is 5.69. The summed E-state index contributed by atoms with van der Waals surface area (Å²) < 4.78 is 10.7. The number of ether oxygens (including phenoxy) is 2. The molecule has 27 heavy (non-hydrogen) atoms. The van der Waals surface area contributed by atoms with Crippen LogP contribution in [0.2, 0.25) is 0 Å². The van der Waals surface area contributed by atoms with E-state index in [1.54, 1.807) is 7.11 Å². The van der Waals surface area contributed by atoms with Crippen LogP contribution in [-0.2, 0) is 9.59 Å². The van der Waals surface area contributed by atoms with Crippen molar-refractivity contribution in [2.24, 2.45) is 0 Å². The van der Waals surface area contributed by atoms with Gasteiger partial charge in [0.25, 0.3) is 0 Å². The topological polar surface area (TPSA) is 76.7 Å². The van der Waals surface area contributed by atoms with Crippen LogP contribution < -0.4 is 20.1 Å². The van der Waals surface area contributed by atoms with E-state index in [1.807, 2.05) is 54.6 Å². The fraction of sp³-hybridized carbons (Fsp3) is 0.333. The van der Waals surface area contributed by atoms with Crippen molar-refractivity contribution in [3.8, 4) is 11.5 Å². The van der Waals surface area contributed by atoms with E-state index in [1.165, 1.54) is 6.92 Å². The number of amides is 2. The van der Waals surface area contributed by atoms with E-state index in [2.05, 4.69) is 10.6 Å². The molecule has 0 aliphatic carbocycles. The number of rotatable bonds is 10.